The van der Waals surface area contributed by atoms with Gasteiger partial charge in [0.1, 0.15) is 0 Å². The largest absolute Gasteiger partial charge is 0.378 e. The van der Waals surface area contributed by atoms with Gasteiger partial charge in [-0.15, -0.1) is 0 Å². The van der Waals surface area contributed by atoms with Gasteiger partial charge in [0.2, 0.25) is 11.0 Å². The lowest BCUT2D eigenvalue weighted by molar-refractivity contribution is -0.118. The number of halogens is 1. The van der Waals surface area contributed by atoms with Crippen LogP contribution in [-0.2, 0) is 9.53 Å². The van der Waals surface area contributed by atoms with Crippen LogP contribution >= 0.6 is 23.1 Å². The lowest BCUT2D eigenvalue weighted by Gasteiger charge is -2.10. The molecule has 4 aromatic rings. The lowest BCUT2D eigenvalue weighted by atomic mass is 10.1. The van der Waals surface area contributed by atoms with E-state index in [9.17, 15) is 4.79 Å². The van der Waals surface area contributed by atoms with Crippen molar-refractivity contribution in [3.8, 4) is 11.4 Å². The zero-order valence-corrected chi connectivity index (χ0v) is 18.0. The van der Waals surface area contributed by atoms with E-state index in [1.807, 2.05) is 36.4 Å². The number of hydrogen-bond acceptors (Lipinski definition) is 7. The van der Waals surface area contributed by atoms with Crippen molar-refractivity contribution < 1.29 is 9.53 Å². The molecule has 1 atom stereocenters. The van der Waals surface area contributed by atoms with E-state index < -0.39 is 0 Å². The van der Waals surface area contributed by atoms with Gasteiger partial charge in [-0.3, -0.25) is 9.89 Å². The first-order chi connectivity index (χ1) is 15.2. The third-order valence-electron chi connectivity index (χ3n) is 5.07. The maximum Gasteiger partial charge on any atom is 0.226 e. The van der Waals surface area contributed by atoms with Gasteiger partial charge in [0, 0.05) is 34.8 Å². The molecule has 1 aliphatic rings. The van der Waals surface area contributed by atoms with Crippen LogP contribution in [0.25, 0.3) is 22.3 Å². The van der Waals surface area contributed by atoms with Crippen LogP contribution in [0.1, 0.15) is 19.3 Å². The maximum atomic E-state index is 12.3. The average molecular weight is 455 g/mol. The van der Waals surface area contributed by atoms with Gasteiger partial charge in [0.05, 0.1) is 34.9 Å². The molecule has 1 saturated heterocycles. The van der Waals surface area contributed by atoms with Crippen molar-refractivity contribution in [1.29, 1.82) is 0 Å². The minimum atomic E-state index is -0.0538. The highest BCUT2D eigenvalue weighted by atomic mass is 35.5. The SMILES string of the molecule is O=C(CC1CCCO1)Nc1cccc(-c2nsc(Nc3ccc4[nH]ncc4c3Cl)n2)c1. The number of carbonyl (C=O) groups is 1. The number of amides is 1. The van der Waals surface area contributed by atoms with Gasteiger partial charge in [0.25, 0.3) is 0 Å². The summed E-state index contributed by atoms with van der Waals surface area (Å²) in [7, 11) is 0. The first kappa shape index (κ1) is 19.9. The highest BCUT2D eigenvalue weighted by Crippen LogP contribution is 2.33. The summed E-state index contributed by atoms with van der Waals surface area (Å²) >= 11 is 7.71. The number of rotatable bonds is 6. The number of ether oxygens (including phenoxy) is 1. The monoisotopic (exact) mass is 454 g/mol. The summed E-state index contributed by atoms with van der Waals surface area (Å²) in [4.78, 5) is 16.8. The Labute approximate surface area is 187 Å². The summed E-state index contributed by atoms with van der Waals surface area (Å²) in [5.41, 5.74) is 3.12. The fourth-order valence-electron chi connectivity index (χ4n) is 3.55. The molecule has 1 fully saturated rings. The molecule has 8 nitrogen and oxygen atoms in total. The molecule has 158 valence electrons. The van der Waals surface area contributed by atoms with Crippen LogP contribution < -0.4 is 10.6 Å². The topological polar surface area (TPSA) is 105 Å². The zero-order valence-electron chi connectivity index (χ0n) is 16.4. The second kappa shape index (κ2) is 8.62. The van der Waals surface area contributed by atoms with Gasteiger partial charge in [-0.05, 0) is 37.1 Å². The first-order valence-corrected chi connectivity index (χ1v) is 11.0. The Bertz CT molecular complexity index is 1230. The molecule has 10 heteroatoms. The second-order valence-corrected chi connectivity index (χ2v) is 8.40. The van der Waals surface area contributed by atoms with Crippen LogP contribution in [0.3, 0.4) is 0 Å². The standard InChI is InChI=1S/C21H19ClN6O2S/c22-19-15-11-23-27-16(15)6-7-17(19)25-21-26-20(28-31-21)12-3-1-4-13(9-12)24-18(29)10-14-5-2-8-30-14/h1,3-4,6-7,9,11,14H,2,5,8,10H2,(H,23,27)(H,24,29)(H,25,26,28). The predicted molar refractivity (Wildman–Crippen MR) is 122 cm³/mol. The summed E-state index contributed by atoms with van der Waals surface area (Å²) in [6.45, 7) is 0.737. The highest BCUT2D eigenvalue weighted by Gasteiger charge is 2.19. The smallest absolute Gasteiger partial charge is 0.226 e. The predicted octanol–water partition coefficient (Wildman–Crippen LogP) is 4.99. The molecule has 0 saturated carbocycles. The number of hydrogen-bond donors (Lipinski definition) is 3. The summed E-state index contributed by atoms with van der Waals surface area (Å²) in [5, 5.41) is 15.1. The number of carbonyl (C=O) groups excluding carboxylic acids is 1. The number of nitrogens with one attached hydrogen (secondary N) is 3. The number of aromatic amines is 1. The molecule has 1 unspecified atom stereocenters. The van der Waals surface area contributed by atoms with Gasteiger partial charge in [0.15, 0.2) is 5.82 Å². The van der Waals surface area contributed by atoms with Crippen LogP contribution in [0.4, 0.5) is 16.5 Å². The van der Waals surface area contributed by atoms with E-state index in [0.717, 1.165) is 41.6 Å². The minimum absolute atomic E-state index is 0.0186. The number of H-pyrrole nitrogens is 1. The number of fused-ring (bicyclic) bond motifs is 1. The molecular weight excluding hydrogens is 436 g/mol. The molecular formula is C21H19ClN6O2S. The average Bonchev–Trinajstić information content (AvgIpc) is 3.52. The van der Waals surface area contributed by atoms with Gasteiger partial charge in [-0.25, -0.2) is 0 Å². The molecule has 2 aromatic carbocycles. The van der Waals surface area contributed by atoms with Crippen molar-refractivity contribution in [1.82, 2.24) is 19.6 Å². The number of nitrogens with zero attached hydrogens (tertiary/aromatic N) is 3. The molecule has 0 spiro atoms. The Morgan fingerprint density at radius 3 is 3.13 bits per heavy atom. The third kappa shape index (κ3) is 4.39. The molecule has 0 aliphatic carbocycles. The van der Waals surface area contributed by atoms with Crippen molar-refractivity contribution in [2.45, 2.75) is 25.4 Å². The number of anilines is 3. The first-order valence-electron chi connectivity index (χ1n) is 9.90. The molecule has 0 radical (unpaired) electrons. The quantitative estimate of drug-likeness (QED) is 0.379. The van der Waals surface area contributed by atoms with E-state index in [1.165, 1.54) is 11.5 Å². The molecule has 3 N–H and O–H groups in total. The van der Waals surface area contributed by atoms with Crippen LogP contribution in [0.5, 0.6) is 0 Å². The highest BCUT2D eigenvalue weighted by molar-refractivity contribution is 7.10. The molecule has 2 aromatic heterocycles. The Morgan fingerprint density at radius 2 is 2.26 bits per heavy atom. The molecule has 1 aliphatic heterocycles. The minimum Gasteiger partial charge on any atom is -0.378 e. The fourth-order valence-corrected chi connectivity index (χ4v) is 4.41. The Morgan fingerprint density at radius 1 is 1.32 bits per heavy atom. The normalized spacial score (nSPS) is 16.0. The van der Waals surface area contributed by atoms with Gasteiger partial charge in [-0.1, -0.05) is 23.7 Å². The van der Waals surface area contributed by atoms with Gasteiger partial charge < -0.3 is 15.4 Å². The molecule has 1 amide bonds. The van der Waals surface area contributed by atoms with E-state index in [-0.39, 0.29) is 12.0 Å². The van der Waals surface area contributed by atoms with Crippen molar-refractivity contribution in [2.75, 3.05) is 17.2 Å². The van der Waals surface area contributed by atoms with Crippen LogP contribution in [0.2, 0.25) is 5.02 Å². The van der Waals surface area contributed by atoms with Crippen molar-refractivity contribution in [3.05, 3.63) is 47.6 Å². The van der Waals surface area contributed by atoms with E-state index in [0.29, 0.717) is 28.1 Å². The Balaban J connectivity index is 1.29. The van der Waals surface area contributed by atoms with Crippen molar-refractivity contribution in [3.63, 3.8) is 0 Å². The Hall–Kier alpha value is -3.01. The van der Waals surface area contributed by atoms with E-state index in [2.05, 4.69) is 30.2 Å². The Kier molecular flexibility index (Phi) is 5.54. The zero-order chi connectivity index (χ0) is 21.2. The molecule has 0 bridgehead atoms. The van der Waals surface area contributed by atoms with E-state index in [1.54, 1.807) is 6.20 Å². The van der Waals surface area contributed by atoms with Gasteiger partial charge in [-0.2, -0.15) is 14.5 Å². The van der Waals surface area contributed by atoms with Crippen molar-refractivity contribution in [2.24, 2.45) is 0 Å². The maximum absolute atomic E-state index is 12.3. The third-order valence-corrected chi connectivity index (χ3v) is 6.11. The van der Waals surface area contributed by atoms with Gasteiger partial charge >= 0.3 is 0 Å². The summed E-state index contributed by atoms with van der Waals surface area (Å²) in [5.74, 6) is 0.519. The fraction of sp³-hybridized carbons (Fsp3) is 0.238. The summed E-state index contributed by atoms with van der Waals surface area (Å²) in [6, 6.07) is 11.3. The lowest BCUT2D eigenvalue weighted by Crippen LogP contribution is -2.19. The van der Waals surface area contributed by atoms with Crippen molar-refractivity contribution >= 4 is 56.4 Å². The summed E-state index contributed by atoms with van der Waals surface area (Å²) in [6.07, 6.45) is 4.02. The molecule has 3 heterocycles. The van der Waals surface area contributed by atoms with E-state index >= 15 is 0 Å². The number of aromatic nitrogens is 4. The molecule has 5 rings (SSSR count). The number of benzene rings is 2. The van der Waals surface area contributed by atoms with Crippen LogP contribution in [-0.4, -0.2) is 38.2 Å². The van der Waals surface area contributed by atoms with Crippen LogP contribution in [0.15, 0.2) is 42.6 Å². The second-order valence-electron chi connectivity index (χ2n) is 7.27. The van der Waals surface area contributed by atoms with Crippen LogP contribution in [0, 0.1) is 0 Å². The van der Waals surface area contributed by atoms with E-state index in [4.69, 9.17) is 16.3 Å². The molecule has 31 heavy (non-hydrogen) atoms. The summed E-state index contributed by atoms with van der Waals surface area (Å²) < 4.78 is 9.97.